The van der Waals surface area contributed by atoms with E-state index in [0.29, 0.717) is 0 Å². The second-order valence-electron chi connectivity index (χ2n) is 14.7. The molecule has 8 rings (SSSR count). The standard InChI is InChI=1S/C25H25.2C7H5Cl.C7H9.2ClH.Zr/c1-14-12-24(3,4)22-8-16-7-17-9-23-19(15(2)13-25(23,5)6)11-21(17)20(16)10-18(14)22;2*1-6-2-4-7(8)5-3-6;1-6-3-4-7(2)5-6;;;/h8-12H,7H2,1-6H3;2*1-5H;3-5H,1-2H3;2*1H;/q-1;;;-1;;;. The molecule has 0 atom stereocenters. The number of halogens is 4. The van der Waals surface area contributed by atoms with Crippen LogP contribution in [0.15, 0.2) is 97.1 Å². The summed E-state index contributed by atoms with van der Waals surface area (Å²) in [7, 11) is 0. The molecule has 0 saturated heterocycles. The summed E-state index contributed by atoms with van der Waals surface area (Å²) in [6.45, 7) is 17.9. The summed E-state index contributed by atoms with van der Waals surface area (Å²) >= 11 is 11.0. The predicted molar refractivity (Wildman–Crippen MR) is 226 cm³/mol. The molecule has 3 aliphatic rings. The number of fused-ring (bicyclic) bond motifs is 5. The molecule has 5 heteroatoms. The fourth-order valence-electron chi connectivity index (χ4n) is 7.35. The quantitative estimate of drug-likeness (QED) is 0.153. The van der Waals surface area contributed by atoms with Crippen molar-refractivity contribution in [2.45, 2.75) is 72.6 Å². The van der Waals surface area contributed by atoms with Gasteiger partial charge in [-0.15, -0.1) is 36.4 Å². The Kier molecular flexibility index (Phi) is 13.5. The van der Waals surface area contributed by atoms with Crippen molar-refractivity contribution in [3.63, 3.8) is 0 Å². The van der Waals surface area contributed by atoms with E-state index in [0.717, 1.165) is 16.5 Å². The third-order valence-electron chi connectivity index (χ3n) is 9.74. The monoisotopic (exact) mass is 828 g/mol. The van der Waals surface area contributed by atoms with Crippen molar-refractivity contribution in [1.82, 2.24) is 0 Å². The van der Waals surface area contributed by atoms with Crippen LogP contribution in [0.5, 0.6) is 0 Å². The second kappa shape index (κ2) is 16.7. The average Bonchev–Trinajstić information content (AvgIpc) is 3.74. The predicted octanol–water partition coefficient (Wildman–Crippen LogP) is 13.4. The van der Waals surface area contributed by atoms with Gasteiger partial charge in [-0.2, -0.15) is 23.3 Å². The van der Waals surface area contributed by atoms with E-state index in [4.69, 9.17) is 23.2 Å². The molecule has 51 heavy (non-hydrogen) atoms. The molecule has 0 aliphatic heterocycles. The zero-order chi connectivity index (χ0) is 35.1. The maximum atomic E-state index is 5.84. The first-order valence-corrected chi connectivity index (χ1v) is 20.6. The summed E-state index contributed by atoms with van der Waals surface area (Å²) < 4.78 is 4.66. The molecule has 0 N–H and O–H groups in total. The third kappa shape index (κ3) is 9.36. The van der Waals surface area contributed by atoms with Gasteiger partial charge in [-0.05, 0) is 58.4 Å². The normalized spacial score (nSPS) is 14.5. The summed E-state index contributed by atoms with van der Waals surface area (Å²) in [5.74, 6) is 0. The topological polar surface area (TPSA) is 0 Å². The van der Waals surface area contributed by atoms with Gasteiger partial charge < -0.3 is 0 Å². The Labute approximate surface area is 338 Å². The van der Waals surface area contributed by atoms with Crippen molar-refractivity contribution in [2.24, 2.45) is 0 Å². The van der Waals surface area contributed by atoms with Crippen molar-refractivity contribution in [1.29, 1.82) is 0 Å². The number of allylic oxidation sites excluding steroid dienone is 4. The van der Waals surface area contributed by atoms with Crippen LogP contribution in [0.2, 0.25) is 10.0 Å². The maximum absolute atomic E-state index is 5.84. The van der Waals surface area contributed by atoms with Gasteiger partial charge >= 0.3 is 123 Å². The zero-order valence-electron chi connectivity index (χ0n) is 30.7. The van der Waals surface area contributed by atoms with Crippen LogP contribution in [0.3, 0.4) is 0 Å². The molecule has 0 radical (unpaired) electrons. The molecule has 0 nitrogen and oxygen atoms in total. The van der Waals surface area contributed by atoms with Gasteiger partial charge in [-0.3, -0.25) is 6.08 Å². The minimum atomic E-state index is -0.623. The van der Waals surface area contributed by atoms with Gasteiger partial charge in [0.1, 0.15) is 0 Å². The Morgan fingerprint density at radius 1 is 0.667 bits per heavy atom. The molecule has 0 amide bonds. The first kappa shape index (κ1) is 41.3. The van der Waals surface area contributed by atoms with Gasteiger partial charge in [0, 0.05) is 5.41 Å². The number of benzene rings is 4. The number of hydrogen-bond donors (Lipinski definition) is 0. The molecule has 0 heterocycles. The van der Waals surface area contributed by atoms with Crippen molar-refractivity contribution < 1.29 is 22.3 Å². The van der Waals surface area contributed by atoms with E-state index in [1.165, 1.54) is 77.9 Å². The molecule has 0 fully saturated rings. The van der Waals surface area contributed by atoms with Gasteiger partial charge in [0.25, 0.3) is 0 Å². The SMILES string of the molecule is CC1=[C-]C(C)(C)c2cc3c(cc21)-c1cc2c(cc1C3)C(C)(C)C=C2C.Cc1c[cH-]c(C)c1.Cl.Cl.Clc1ccc([CH]=[Zr]=[CH]c2ccc(Cl)cc2)cc1. The van der Waals surface area contributed by atoms with Crippen molar-refractivity contribution in [3.8, 4) is 11.1 Å². The Morgan fingerprint density at radius 2 is 1.18 bits per heavy atom. The Morgan fingerprint density at radius 3 is 1.65 bits per heavy atom. The van der Waals surface area contributed by atoms with E-state index in [1.807, 2.05) is 24.3 Å². The van der Waals surface area contributed by atoms with Gasteiger partial charge in [0.2, 0.25) is 0 Å². The fourth-order valence-corrected chi connectivity index (χ4v) is 9.69. The Hall–Kier alpha value is -2.51. The van der Waals surface area contributed by atoms with Crippen LogP contribution >= 0.6 is 48.0 Å². The van der Waals surface area contributed by atoms with E-state index in [2.05, 4.69) is 142 Å². The first-order chi connectivity index (χ1) is 23.2. The van der Waals surface area contributed by atoms with E-state index in [1.54, 1.807) is 0 Å². The molecule has 0 saturated carbocycles. The van der Waals surface area contributed by atoms with E-state index < -0.39 is 22.3 Å². The summed E-state index contributed by atoms with van der Waals surface area (Å²) in [4.78, 5) is 0. The van der Waals surface area contributed by atoms with Crippen LogP contribution in [-0.4, -0.2) is 7.42 Å². The molecule has 264 valence electrons. The molecule has 5 aromatic carbocycles. The van der Waals surface area contributed by atoms with Crippen molar-refractivity contribution >= 4 is 66.6 Å². The van der Waals surface area contributed by atoms with Gasteiger partial charge in [0.15, 0.2) is 0 Å². The molecule has 0 bridgehead atoms. The van der Waals surface area contributed by atoms with Crippen LogP contribution in [0.4, 0.5) is 0 Å². The van der Waals surface area contributed by atoms with Crippen LogP contribution < -0.4 is 0 Å². The van der Waals surface area contributed by atoms with E-state index in [9.17, 15) is 0 Å². The summed E-state index contributed by atoms with van der Waals surface area (Å²) in [6, 6.07) is 32.1. The van der Waals surface area contributed by atoms with Crippen LogP contribution in [0.25, 0.3) is 22.3 Å². The Balaban J connectivity index is 0.000000195. The summed E-state index contributed by atoms with van der Waals surface area (Å²) in [6.07, 6.45) is 7.13. The van der Waals surface area contributed by atoms with E-state index >= 15 is 0 Å². The molecule has 0 aromatic heterocycles. The summed E-state index contributed by atoms with van der Waals surface area (Å²) in [5.41, 5.74) is 19.8. The van der Waals surface area contributed by atoms with Crippen molar-refractivity contribution in [3.05, 3.63) is 169 Å². The van der Waals surface area contributed by atoms with Gasteiger partial charge in [0.05, 0.1) is 0 Å². The number of aryl methyl sites for hydroxylation is 2. The third-order valence-corrected chi connectivity index (χ3v) is 12.7. The minimum absolute atomic E-state index is 0. The molecule has 0 unspecified atom stereocenters. The molecule has 5 aromatic rings. The second-order valence-corrected chi connectivity index (χ2v) is 17.8. The van der Waals surface area contributed by atoms with Gasteiger partial charge in [-0.1, -0.05) is 72.1 Å². The molecule has 3 aliphatic carbocycles. The number of rotatable bonds is 2. The van der Waals surface area contributed by atoms with Crippen molar-refractivity contribution in [2.75, 3.05) is 0 Å². The first-order valence-electron chi connectivity index (χ1n) is 17.0. The van der Waals surface area contributed by atoms with Crippen LogP contribution in [0.1, 0.15) is 97.2 Å². The fraction of sp³-hybridized carbons (Fsp3) is 0.239. The molecule has 0 spiro atoms. The van der Waals surface area contributed by atoms with Gasteiger partial charge in [-0.25, -0.2) is 17.2 Å². The molecular formula is C46H46Cl4Zr-2. The zero-order valence-corrected chi connectivity index (χ0v) is 36.3. The summed E-state index contributed by atoms with van der Waals surface area (Å²) in [5, 5.41) is 1.57. The number of hydrogen-bond acceptors (Lipinski definition) is 0. The Bertz CT molecular complexity index is 2020. The van der Waals surface area contributed by atoms with Crippen LogP contribution in [-0.2, 0) is 39.5 Å². The van der Waals surface area contributed by atoms with E-state index in [-0.39, 0.29) is 35.6 Å². The molecular weight excluding hydrogens is 786 g/mol. The van der Waals surface area contributed by atoms with Crippen LogP contribution in [0, 0.1) is 19.9 Å². The average molecular weight is 832 g/mol.